The van der Waals surface area contributed by atoms with E-state index in [1.54, 1.807) is 0 Å². The SMILES string of the molecule is CCNC(C1CC1)C(CC)(CC)N(CC)CC. The Bertz CT molecular complexity index is 203. The van der Waals surface area contributed by atoms with Crippen molar-refractivity contribution in [1.29, 1.82) is 0 Å². The quantitative estimate of drug-likeness (QED) is 0.665. The van der Waals surface area contributed by atoms with Crippen molar-refractivity contribution in [2.45, 2.75) is 71.9 Å². The maximum absolute atomic E-state index is 3.79. The van der Waals surface area contributed by atoms with Gasteiger partial charge in [0.2, 0.25) is 0 Å². The zero-order valence-corrected chi connectivity index (χ0v) is 12.6. The zero-order valence-electron chi connectivity index (χ0n) is 12.6. The standard InChI is InChI=1S/C15H32N2/c1-6-15(7-2,17(9-4)10-5)14(16-8-3)13-11-12-13/h13-14,16H,6-12H2,1-5H3. The first-order valence-electron chi connectivity index (χ1n) is 7.68. The molecule has 1 unspecified atom stereocenters. The van der Waals surface area contributed by atoms with E-state index in [9.17, 15) is 0 Å². The van der Waals surface area contributed by atoms with Crippen molar-refractivity contribution >= 4 is 0 Å². The van der Waals surface area contributed by atoms with Crippen molar-refractivity contribution in [1.82, 2.24) is 10.2 Å². The predicted molar refractivity (Wildman–Crippen MR) is 76.4 cm³/mol. The number of hydrogen-bond acceptors (Lipinski definition) is 2. The van der Waals surface area contributed by atoms with E-state index in [-0.39, 0.29) is 0 Å². The molecule has 1 aliphatic rings. The summed E-state index contributed by atoms with van der Waals surface area (Å²) >= 11 is 0. The highest BCUT2D eigenvalue weighted by Gasteiger charge is 2.46. The van der Waals surface area contributed by atoms with Gasteiger partial charge in [0.15, 0.2) is 0 Å². The first-order valence-corrected chi connectivity index (χ1v) is 7.68. The highest BCUT2D eigenvalue weighted by Crippen LogP contribution is 2.42. The Kier molecular flexibility index (Phi) is 5.94. The summed E-state index contributed by atoms with van der Waals surface area (Å²) in [7, 11) is 0. The molecular formula is C15H32N2. The Labute approximate surface area is 108 Å². The molecule has 0 spiro atoms. The van der Waals surface area contributed by atoms with Crippen molar-refractivity contribution in [3.05, 3.63) is 0 Å². The molecule has 0 bridgehead atoms. The summed E-state index contributed by atoms with van der Waals surface area (Å²) in [6, 6.07) is 0.697. The first-order chi connectivity index (χ1) is 8.19. The minimum Gasteiger partial charge on any atom is -0.312 e. The third kappa shape index (κ3) is 3.03. The Morgan fingerprint density at radius 3 is 1.88 bits per heavy atom. The van der Waals surface area contributed by atoms with Gasteiger partial charge in [-0.05, 0) is 51.2 Å². The summed E-state index contributed by atoms with van der Waals surface area (Å²) in [5, 5.41) is 3.79. The second-order valence-corrected chi connectivity index (χ2v) is 5.36. The predicted octanol–water partition coefficient (Wildman–Crippen LogP) is 3.28. The maximum atomic E-state index is 3.79. The van der Waals surface area contributed by atoms with Gasteiger partial charge in [0.1, 0.15) is 0 Å². The molecule has 1 atom stereocenters. The molecule has 0 aromatic rings. The lowest BCUT2D eigenvalue weighted by molar-refractivity contribution is 0.0417. The highest BCUT2D eigenvalue weighted by atomic mass is 15.2. The van der Waals surface area contributed by atoms with Crippen molar-refractivity contribution < 1.29 is 0 Å². The third-order valence-corrected chi connectivity index (χ3v) is 4.71. The Balaban J connectivity index is 2.92. The van der Waals surface area contributed by atoms with Crippen molar-refractivity contribution in [3.63, 3.8) is 0 Å². The second kappa shape index (κ2) is 6.75. The van der Waals surface area contributed by atoms with E-state index in [2.05, 4.69) is 44.8 Å². The second-order valence-electron chi connectivity index (χ2n) is 5.36. The summed E-state index contributed by atoms with van der Waals surface area (Å²) in [6.45, 7) is 15.0. The van der Waals surface area contributed by atoms with Crippen LogP contribution in [0.25, 0.3) is 0 Å². The zero-order chi connectivity index (χ0) is 12.9. The van der Waals surface area contributed by atoms with Crippen molar-refractivity contribution in [3.8, 4) is 0 Å². The molecule has 17 heavy (non-hydrogen) atoms. The Morgan fingerprint density at radius 1 is 1.06 bits per heavy atom. The monoisotopic (exact) mass is 240 g/mol. The Hall–Kier alpha value is -0.0800. The molecule has 1 fully saturated rings. The summed E-state index contributed by atoms with van der Waals surface area (Å²) in [5.41, 5.74) is 0.376. The van der Waals surface area contributed by atoms with Crippen molar-refractivity contribution in [2.75, 3.05) is 19.6 Å². The van der Waals surface area contributed by atoms with Gasteiger partial charge in [-0.15, -0.1) is 0 Å². The van der Waals surface area contributed by atoms with Crippen LogP contribution in [0.15, 0.2) is 0 Å². The summed E-state index contributed by atoms with van der Waals surface area (Å²) in [5.74, 6) is 0.926. The molecule has 2 nitrogen and oxygen atoms in total. The number of nitrogens with zero attached hydrogens (tertiary/aromatic N) is 1. The first kappa shape index (κ1) is 15.0. The van der Waals surface area contributed by atoms with Crippen LogP contribution in [0.2, 0.25) is 0 Å². The minimum atomic E-state index is 0.376. The van der Waals surface area contributed by atoms with Crippen LogP contribution in [0.5, 0.6) is 0 Å². The molecule has 0 saturated heterocycles. The van der Waals surface area contributed by atoms with E-state index in [0.717, 1.165) is 12.5 Å². The minimum absolute atomic E-state index is 0.376. The summed E-state index contributed by atoms with van der Waals surface area (Å²) in [4.78, 5) is 2.69. The molecular weight excluding hydrogens is 208 g/mol. The van der Waals surface area contributed by atoms with E-state index in [1.165, 1.54) is 38.8 Å². The van der Waals surface area contributed by atoms with Crippen LogP contribution in [0.3, 0.4) is 0 Å². The van der Waals surface area contributed by atoms with Crippen molar-refractivity contribution in [2.24, 2.45) is 5.92 Å². The molecule has 0 aromatic heterocycles. The fourth-order valence-corrected chi connectivity index (χ4v) is 3.63. The van der Waals surface area contributed by atoms with E-state index in [1.807, 2.05) is 0 Å². The smallest absolute Gasteiger partial charge is 0.0359 e. The lowest BCUT2D eigenvalue weighted by atomic mass is 9.80. The fraction of sp³-hybridized carbons (Fsp3) is 1.00. The van der Waals surface area contributed by atoms with E-state index >= 15 is 0 Å². The molecule has 1 N–H and O–H groups in total. The molecule has 1 saturated carbocycles. The number of hydrogen-bond donors (Lipinski definition) is 1. The van der Waals surface area contributed by atoms with E-state index < -0.39 is 0 Å². The van der Waals surface area contributed by atoms with Gasteiger partial charge in [0.25, 0.3) is 0 Å². The van der Waals surface area contributed by atoms with Crippen LogP contribution in [-0.2, 0) is 0 Å². The molecule has 0 amide bonds. The van der Waals surface area contributed by atoms with Crippen LogP contribution < -0.4 is 5.32 Å². The average molecular weight is 240 g/mol. The van der Waals surface area contributed by atoms with E-state index in [4.69, 9.17) is 0 Å². The van der Waals surface area contributed by atoms with Crippen LogP contribution in [-0.4, -0.2) is 36.1 Å². The molecule has 0 aliphatic heterocycles. The summed E-state index contributed by atoms with van der Waals surface area (Å²) in [6.07, 6.45) is 5.39. The fourth-order valence-electron chi connectivity index (χ4n) is 3.63. The number of likely N-dealkylation sites (N-methyl/N-ethyl adjacent to an activating group) is 2. The molecule has 0 heterocycles. The van der Waals surface area contributed by atoms with Gasteiger partial charge in [-0.2, -0.15) is 0 Å². The lowest BCUT2D eigenvalue weighted by Crippen LogP contribution is -2.61. The van der Waals surface area contributed by atoms with Crippen LogP contribution in [0.4, 0.5) is 0 Å². The topological polar surface area (TPSA) is 15.3 Å². The maximum Gasteiger partial charge on any atom is 0.0359 e. The van der Waals surface area contributed by atoms with Gasteiger partial charge in [0, 0.05) is 11.6 Å². The van der Waals surface area contributed by atoms with Crippen LogP contribution >= 0.6 is 0 Å². The Morgan fingerprint density at radius 2 is 1.59 bits per heavy atom. The van der Waals surface area contributed by atoms with Gasteiger partial charge in [0.05, 0.1) is 0 Å². The molecule has 102 valence electrons. The van der Waals surface area contributed by atoms with Crippen LogP contribution in [0, 0.1) is 5.92 Å². The number of nitrogens with one attached hydrogen (secondary N) is 1. The van der Waals surface area contributed by atoms with E-state index in [0.29, 0.717) is 11.6 Å². The van der Waals surface area contributed by atoms with Gasteiger partial charge in [-0.25, -0.2) is 0 Å². The van der Waals surface area contributed by atoms with Gasteiger partial charge < -0.3 is 5.32 Å². The lowest BCUT2D eigenvalue weighted by Gasteiger charge is -2.48. The highest BCUT2D eigenvalue weighted by molar-refractivity contribution is 5.04. The number of rotatable bonds is 9. The molecule has 2 heteroatoms. The molecule has 1 rings (SSSR count). The molecule has 0 radical (unpaired) electrons. The average Bonchev–Trinajstić information content (AvgIpc) is 3.18. The largest absolute Gasteiger partial charge is 0.312 e. The van der Waals surface area contributed by atoms with Gasteiger partial charge in [-0.1, -0.05) is 34.6 Å². The molecule has 1 aliphatic carbocycles. The molecule has 0 aromatic carbocycles. The normalized spacial score (nSPS) is 18.7. The third-order valence-electron chi connectivity index (χ3n) is 4.71. The summed E-state index contributed by atoms with van der Waals surface area (Å²) < 4.78 is 0. The van der Waals surface area contributed by atoms with Gasteiger partial charge in [-0.3, -0.25) is 4.90 Å². The van der Waals surface area contributed by atoms with Gasteiger partial charge >= 0.3 is 0 Å². The van der Waals surface area contributed by atoms with Crippen LogP contribution in [0.1, 0.15) is 60.3 Å².